The first-order chi connectivity index (χ1) is 13.6. The average molecular weight is 457 g/mol. The van der Waals surface area contributed by atoms with Crippen LogP contribution >= 0.6 is 34.8 Å². The van der Waals surface area contributed by atoms with Crippen molar-refractivity contribution >= 4 is 58.0 Å². The summed E-state index contributed by atoms with van der Waals surface area (Å²) in [5.74, 6) is -0.439. The Kier molecular flexibility index (Phi) is 7.90. The van der Waals surface area contributed by atoms with Crippen molar-refractivity contribution in [2.75, 3.05) is 11.9 Å². The minimum absolute atomic E-state index is 0.148. The number of nitrogens with zero attached hydrogens (tertiary/aromatic N) is 1. The number of alkyl halides is 3. The second-order valence-electron chi connectivity index (χ2n) is 6.27. The minimum atomic E-state index is -2.04. The van der Waals surface area contributed by atoms with Crippen LogP contribution in [0.3, 0.4) is 0 Å². The Labute approximate surface area is 184 Å². The van der Waals surface area contributed by atoms with E-state index in [2.05, 4.69) is 15.8 Å². The smallest absolute Gasteiger partial charge is 0.277 e. The maximum atomic E-state index is 12.0. The largest absolute Gasteiger partial charge is 0.483 e. The van der Waals surface area contributed by atoms with Gasteiger partial charge in [0.15, 0.2) is 6.61 Å². The monoisotopic (exact) mass is 455 g/mol. The molecule has 0 aliphatic rings. The van der Waals surface area contributed by atoms with E-state index >= 15 is 0 Å². The first kappa shape index (κ1) is 23.0. The first-order valence-corrected chi connectivity index (χ1v) is 9.72. The number of anilines is 1. The Morgan fingerprint density at radius 1 is 1.03 bits per heavy atom. The van der Waals surface area contributed by atoms with Crippen LogP contribution in [0.5, 0.6) is 5.75 Å². The topological polar surface area (TPSA) is 79.8 Å². The van der Waals surface area contributed by atoms with Crippen LogP contribution in [0, 0.1) is 13.8 Å². The zero-order chi connectivity index (χ0) is 21.6. The lowest BCUT2D eigenvalue weighted by Gasteiger charge is -2.12. The molecule has 2 amide bonds. The van der Waals surface area contributed by atoms with Gasteiger partial charge in [0, 0.05) is 5.69 Å². The zero-order valence-corrected chi connectivity index (χ0v) is 18.3. The quantitative estimate of drug-likeness (QED) is 0.381. The SMILES string of the molecule is CC(=NNC(=O)COc1c(C)cccc1C)c1ccc(NC(=O)C(Cl)(Cl)Cl)cc1. The number of rotatable bonds is 6. The van der Waals surface area contributed by atoms with Crippen LogP contribution in [-0.4, -0.2) is 27.9 Å². The molecular formula is C20H20Cl3N3O3. The molecule has 9 heteroatoms. The molecular weight excluding hydrogens is 437 g/mol. The Balaban J connectivity index is 1.92. The molecule has 0 aliphatic heterocycles. The van der Waals surface area contributed by atoms with Gasteiger partial charge in [0.05, 0.1) is 5.71 Å². The standard InChI is InChI=1S/C20H20Cl3N3O3/c1-12-5-4-6-13(2)18(12)29-11-17(27)26-25-14(3)15-7-9-16(10-8-15)24-19(28)20(21,22)23/h4-10H,11H2,1-3H3,(H,24,28)(H,26,27). The van der Waals surface area contributed by atoms with Crippen molar-refractivity contribution in [3.05, 3.63) is 59.2 Å². The predicted octanol–water partition coefficient (Wildman–Crippen LogP) is 4.53. The van der Waals surface area contributed by atoms with Crippen LogP contribution in [0.15, 0.2) is 47.6 Å². The average Bonchev–Trinajstić information content (AvgIpc) is 2.65. The molecule has 0 aromatic heterocycles. The summed E-state index contributed by atoms with van der Waals surface area (Å²) < 4.78 is 3.55. The lowest BCUT2D eigenvalue weighted by atomic mass is 10.1. The summed E-state index contributed by atoms with van der Waals surface area (Å²) in [6, 6.07) is 12.5. The summed E-state index contributed by atoms with van der Waals surface area (Å²) in [5, 5.41) is 6.55. The molecule has 6 nitrogen and oxygen atoms in total. The molecule has 0 aliphatic carbocycles. The third kappa shape index (κ3) is 6.92. The van der Waals surface area contributed by atoms with E-state index < -0.39 is 9.70 Å². The van der Waals surface area contributed by atoms with E-state index in [-0.39, 0.29) is 12.5 Å². The maximum absolute atomic E-state index is 12.0. The van der Waals surface area contributed by atoms with E-state index in [4.69, 9.17) is 39.5 Å². The molecule has 29 heavy (non-hydrogen) atoms. The molecule has 0 radical (unpaired) electrons. The van der Waals surface area contributed by atoms with Crippen molar-refractivity contribution in [3.8, 4) is 5.75 Å². The summed E-state index contributed by atoms with van der Waals surface area (Å²) in [4.78, 5) is 23.7. The third-order valence-electron chi connectivity index (χ3n) is 3.92. The van der Waals surface area contributed by atoms with Crippen molar-refractivity contribution < 1.29 is 14.3 Å². The highest BCUT2D eigenvalue weighted by Crippen LogP contribution is 2.27. The van der Waals surface area contributed by atoms with Gasteiger partial charge in [-0.05, 0) is 49.6 Å². The van der Waals surface area contributed by atoms with Crippen LogP contribution in [0.4, 0.5) is 5.69 Å². The zero-order valence-electron chi connectivity index (χ0n) is 16.1. The van der Waals surface area contributed by atoms with Gasteiger partial charge >= 0.3 is 0 Å². The number of para-hydroxylation sites is 1. The fraction of sp³-hybridized carbons (Fsp3) is 0.250. The van der Waals surface area contributed by atoms with Crippen molar-refractivity contribution in [2.45, 2.75) is 24.6 Å². The number of nitrogens with one attached hydrogen (secondary N) is 2. The highest BCUT2D eigenvalue weighted by Gasteiger charge is 2.30. The lowest BCUT2D eigenvalue weighted by molar-refractivity contribution is -0.123. The molecule has 2 aromatic carbocycles. The van der Waals surface area contributed by atoms with Crippen molar-refractivity contribution in [1.29, 1.82) is 0 Å². The molecule has 0 unspecified atom stereocenters. The molecule has 2 aromatic rings. The van der Waals surface area contributed by atoms with E-state index in [9.17, 15) is 9.59 Å². The Hall–Kier alpha value is -2.28. The fourth-order valence-corrected chi connectivity index (χ4v) is 2.55. The molecule has 2 N–H and O–H groups in total. The van der Waals surface area contributed by atoms with Gasteiger partial charge in [0.25, 0.3) is 15.6 Å². The number of ether oxygens (including phenoxy) is 1. The Bertz CT molecular complexity index is 903. The molecule has 0 saturated heterocycles. The molecule has 0 bridgehead atoms. The molecule has 154 valence electrons. The summed E-state index contributed by atoms with van der Waals surface area (Å²) in [6.45, 7) is 5.43. The van der Waals surface area contributed by atoms with Gasteiger partial charge in [-0.3, -0.25) is 9.59 Å². The van der Waals surface area contributed by atoms with Gasteiger partial charge in [-0.1, -0.05) is 65.1 Å². The number of hydrogen-bond donors (Lipinski definition) is 2. The van der Waals surface area contributed by atoms with Gasteiger partial charge in [-0.15, -0.1) is 0 Å². The van der Waals surface area contributed by atoms with Crippen LogP contribution in [0.2, 0.25) is 0 Å². The van der Waals surface area contributed by atoms with E-state index in [1.807, 2.05) is 32.0 Å². The molecule has 2 rings (SSSR count). The highest BCUT2D eigenvalue weighted by atomic mass is 35.6. The van der Waals surface area contributed by atoms with E-state index in [1.54, 1.807) is 31.2 Å². The number of aryl methyl sites for hydroxylation is 2. The number of benzene rings is 2. The van der Waals surface area contributed by atoms with E-state index in [1.165, 1.54) is 0 Å². The maximum Gasteiger partial charge on any atom is 0.277 e. The normalized spacial score (nSPS) is 11.7. The molecule has 0 saturated carbocycles. The predicted molar refractivity (Wildman–Crippen MR) is 117 cm³/mol. The first-order valence-electron chi connectivity index (χ1n) is 8.58. The number of carbonyl (C=O) groups is 2. The Morgan fingerprint density at radius 2 is 1.62 bits per heavy atom. The van der Waals surface area contributed by atoms with Gasteiger partial charge in [0.1, 0.15) is 5.75 Å². The van der Waals surface area contributed by atoms with Crippen LogP contribution in [0.25, 0.3) is 0 Å². The summed E-state index contributed by atoms with van der Waals surface area (Å²) in [6.07, 6.45) is 0. The number of halogens is 3. The van der Waals surface area contributed by atoms with Crippen molar-refractivity contribution in [2.24, 2.45) is 5.10 Å². The lowest BCUT2D eigenvalue weighted by Crippen LogP contribution is -2.27. The highest BCUT2D eigenvalue weighted by molar-refractivity contribution is 6.76. The molecule has 0 fully saturated rings. The summed E-state index contributed by atoms with van der Waals surface area (Å²) in [5.41, 5.74) is 6.15. The summed E-state index contributed by atoms with van der Waals surface area (Å²) >= 11 is 16.6. The van der Waals surface area contributed by atoms with Gasteiger partial charge < -0.3 is 10.1 Å². The molecule has 0 heterocycles. The van der Waals surface area contributed by atoms with Crippen LogP contribution in [0.1, 0.15) is 23.6 Å². The molecule has 0 atom stereocenters. The number of carbonyl (C=O) groups excluding carboxylic acids is 2. The van der Waals surface area contributed by atoms with Crippen LogP contribution < -0.4 is 15.5 Å². The number of amides is 2. The van der Waals surface area contributed by atoms with Crippen molar-refractivity contribution in [1.82, 2.24) is 5.43 Å². The van der Waals surface area contributed by atoms with Crippen molar-refractivity contribution in [3.63, 3.8) is 0 Å². The third-order valence-corrected chi connectivity index (χ3v) is 4.44. The molecule has 0 spiro atoms. The fourth-order valence-electron chi connectivity index (χ4n) is 2.40. The van der Waals surface area contributed by atoms with E-state index in [0.29, 0.717) is 17.1 Å². The Morgan fingerprint density at radius 3 is 2.17 bits per heavy atom. The van der Waals surface area contributed by atoms with Gasteiger partial charge in [-0.2, -0.15) is 5.10 Å². The second kappa shape index (κ2) is 9.96. The summed E-state index contributed by atoms with van der Waals surface area (Å²) in [7, 11) is 0. The second-order valence-corrected chi connectivity index (χ2v) is 8.55. The van der Waals surface area contributed by atoms with Gasteiger partial charge in [0.2, 0.25) is 0 Å². The number of hydrogen-bond acceptors (Lipinski definition) is 4. The van der Waals surface area contributed by atoms with E-state index in [0.717, 1.165) is 16.7 Å². The van der Waals surface area contributed by atoms with Crippen LogP contribution in [-0.2, 0) is 9.59 Å². The minimum Gasteiger partial charge on any atom is -0.483 e. The van der Waals surface area contributed by atoms with Gasteiger partial charge in [-0.25, -0.2) is 5.43 Å². The number of hydrazone groups is 1.